The van der Waals surface area contributed by atoms with Gasteiger partial charge in [-0.05, 0) is 18.4 Å². The Hall–Kier alpha value is -2.35. The third-order valence-corrected chi connectivity index (χ3v) is 5.28. The predicted molar refractivity (Wildman–Crippen MR) is 100 cm³/mol. The first-order chi connectivity index (χ1) is 11.9. The Balaban J connectivity index is 1.83. The average Bonchev–Trinajstić information content (AvgIpc) is 3.09. The molecule has 0 bridgehead atoms. The number of rotatable bonds is 6. The van der Waals surface area contributed by atoms with Crippen LogP contribution in [0.25, 0.3) is 0 Å². The van der Waals surface area contributed by atoms with E-state index in [1.807, 2.05) is 32.3 Å². The summed E-state index contributed by atoms with van der Waals surface area (Å²) in [7, 11) is 0.131. The smallest absolute Gasteiger partial charge is 0.237 e. The van der Waals surface area contributed by atoms with Gasteiger partial charge >= 0.3 is 0 Å². The van der Waals surface area contributed by atoms with Gasteiger partial charge in [-0.3, -0.25) is 4.72 Å². The van der Waals surface area contributed by atoms with Crippen molar-refractivity contribution in [1.82, 2.24) is 9.97 Å². The van der Waals surface area contributed by atoms with Gasteiger partial charge in [0.2, 0.25) is 16.0 Å². The van der Waals surface area contributed by atoms with Crippen LogP contribution in [-0.2, 0) is 15.8 Å². The Morgan fingerprint density at radius 2 is 1.84 bits per heavy atom. The van der Waals surface area contributed by atoms with Crippen molar-refractivity contribution in [3.63, 3.8) is 0 Å². The quantitative estimate of drug-likeness (QED) is 0.849. The molecule has 0 aliphatic carbocycles. The van der Waals surface area contributed by atoms with Crippen LogP contribution >= 0.6 is 0 Å². The molecule has 2 heterocycles. The molecule has 0 radical (unpaired) electrons. The summed E-state index contributed by atoms with van der Waals surface area (Å²) >= 11 is 0. The Labute approximate surface area is 148 Å². The highest BCUT2D eigenvalue weighted by molar-refractivity contribution is 7.91. The number of anilines is 3. The zero-order chi connectivity index (χ0) is 17.9. The van der Waals surface area contributed by atoms with Crippen molar-refractivity contribution in [2.75, 3.05) is 41.7 Å². The molecule has 1 N–H and O–H groups in total. The summed E-state index contributed by atoms with van der Waals surface area (Å²) in [6, 6.07) is 9.09. The fourth-order valence-corrected chi connectivity index (χ4v) is 4.03. The first-order valence-electron chi connectivity index (χ1n) is 8.28. The molecule has 0 atom stereocenters. The molecule has 0 unspecified atom stereocenters. The molecule has 3 rings (SSSR count). The highest BCUT2D eigenvalue weighted by Crippen LogP contribution is 2.26. The molecule has 0 saturated carbocycles. The Kier molecular flexibility index (Phi) is 5.08. The minimum absolute atomic E-state index is 0.0887. The van der Waals surface area contributed by atoms with Gasteiger partial charge in [-0.1, -0.05) is 30.3 Å². The number of benzene rings is 1. The van der Waals surface area contributed by atoms with E-state index in [-0.39, 0.29) is 5.75 Å². The average molecular weight is 361 g/mol. The van der Waals surface area contributed by atoms with Crippen molar-refractivity contribution >= 4 is 27.5 Å². The van der Waals surface area contributed by atoms with E-state index in [1.165, 1.54) is 0 Å². The van der Waals surface area contributed by atoms with Gasteiger partial charge in [-0.15, -0.1) is 0 Å². The van der Waals surface area contributed by atoms with Gasteiger partial charge in [0.25, 0.3) is 0 Å². The molecule has 1 aromatic heterocycles. The monoisotopic (exact) mass is 361 g/mol. The summed E-state index contributed by atoms with van der Waals surface area (Å²) in [5.74, 6) is 1.12. The lowest BCUT2D eigenvalue weighted by atomic mass is 10.2. The zero-order valence-electron chi connectivity index (χ0n) is 14.5. The summed E-state index contributed by atoms with van der Waals surface area (Å²) in [5, 5.41) is 0. The maximum Gasteiger partial charge on any atom is 0.237 e. The predicted octanol–water partition coefficient (Wildman–Crippen LogP) is 2.08. The third-order valence-electron chi connectivity index (χ3n) is 4.03. The Morgan fingerprint density at radius 1 is 1.16 bits per heavy atom. The lowest BCUT2D eigenvalue weighted by Gasteiger charge is -2.21. The maximum atomic E-state index is 12.5. The molecule has 1 fully saturated rings. The van der Waals surface area contributed by atoms with Crippen molar-refractivity contribution in [2.24, 2.45) is 0 Å². The second kappa shape index (κ2) is 7.26. The van der Waals surface area contributed by atoms with E-state index in [0.717, 1.165) is 31.5 Å². The fraction of sp³-hybridized carbons (Fsp3) is 0.412. The molecule has 1 saturated heterocycles. The number of hydrogen-bond acceptors (Lipinski definition) is 6. The van der Waals surface area contributed by atoms with Crippen LogP contribution in [0.1, 0.15) is 18.4 Å². The number of hydrogen-bond donors (Lipinski definition) is 1. The van der Waals surface area contributed by atoms with Crippen LogP contribution in [0.15, 0.2) is 36.5 Å². The third kappa shape index (κ3) is 4.39. The lowest BCUT2D eigenvalue weighted by Crippen LogP contribution is -2.24. The van der Waals surface area contributed by atoms with Crippen molar-refractivity contribution in [1.29, 1.82) is 0 Å². The molecule has 1 aromatic carbocycles. The van der Waals surface area contributed by atoms with Gasteiger partial charge in [0.05, 0.1) is 11.9 Å². The van der Waals surface area contributed by atoms with E-state index >= 15 is 0 Å². The van der Waals surface area contributed by atoms with Crippen LogP contribution in [0, 0.1) is 0 Å². The van der Waals surface area contributed by atoms with Crippen LogP contribution < -0.4 is 14.5 Å². The first-order valence-corrected chi connectivity index (χ1v) is 9.93. The summed E-state index contributed by atoms with van der Waals surface area (Å²) in [4.78, 5) is 12.8. The summed E-state index contributed by atoms with van der Waals surface area (Å²) in [5.41, 5.74) is 1.12. The topological polar surface area (TPSA) is 78.4 Å². The summed E-state index contributed by atoms with van der Waals surface area (Å²) in [6.45, 7) is 1.87. The minimum atomic E-state index is -3.55. The van der Waals surface area contributed by atoms with E-state index in [1.54, 1.807) is 23.2 Å². The van der Waals surface area contributed by atoms with Gasteiger partial charge in [-0.25, -0.2) is 13.4 Å². The van der Waals surface area contributed by atoms with Crippen molar-refractivity contribution < 1.29 is 8.42 Å². The SMILES string of the molecule is CN(C)c1nc(N2CCCC2)ncc1NS(=O)(=O)Cc1ccccc1. The van der Waals surface area contributed by atoms with Crippen molar-refractivity contribution in [3.8, 4) is 0 Å². The van der Waals surface area contributed by atoms with Gasteiger partial charge in [-0.2, -0.15) is 4.98 Å². The van der Waals surface area contributed by atoms with Crippen LogP contribution in [0.4, 0.5) is 17.5 Å². The van der Waals surface area contributed by atoms with Crippen LogP contribution in [0.5, 0.6) is 0 Å². The second-order valence-electron chi connectivity index (χ2n) is 6.34. The summed E-state index contributed by atoms with van der Waals surface area (Å²) in [6.07, 6.45) is 3.82. The number of nitrogens with zero attached hydrogens (tertiary/aromatic N) is 4. The molecule has 8 heteroatoms. The van der Waals surface area contributed by atoms with Crippen molar-refractivity contribution in [2.45, 2.75) is 18.6 Å². The highest BCUT2D eigenvalue weighted by Gasteiger charge is 2.20. The minimum Gasteiger partial charge on any atom is -0.361 e. The number of aromatic nitrogens is 2. The molecule has 0 amide bonds. The normalized spacial score (nSPS) is 14.6. The molecular weight excluding hydrogens is 338 g/mol. The van der Waals surface area contributed by atoms with Gasteiger partial charge in [0, 0.05) is 27.2 Å². The van der Waals surface area contributed by atoms with E-state index in [2.05, 4.69) is 19.6 Å². The van der Waals surface area contributed by atoms with E-state index in [9.17, 15) is 8.42 Å². The maximum absolute atomic E-state index is 12.5. The lowest BCUT2D eigenvalue weighted by molar-refractivity contribution is 0.600. The standard InChI is InChI=1S/C17H23N5O2S/c1-21(2)16-15(12-18-17(19-16)22-10-6-7-11-22)20-25(23,24)13-14-8-4-3-5-9-14/h3-5,8-9,12,20H,6-7,10-11,13H2,1-2H3. The van der Waals surface area contributed by atoms with E-state index < -0.39 is 10.0 Å². The zero-order valence-corrected chi connectivity index (χ0v) is 15.3. The van der Waals surface area contributed by atoms with E-state index in [0.29, 0.717) is 17.5 Å². The molecule has 1 aliphatic heterocycles. The first kappa shape index (κ1) is 17.5. The Bertz CT molecular complexity index is 818. The largest absolute Gasteiger partial charge is 0.361 e. The molecule has 7 nitrogen and oxygen atoms in total. The van der Waals surface area contributed by atoms with Gasteiger partial charge < -0.3 is 9.80 Å². The van der Waals surface area contributed by atoms with Crippen LogP contribution in [0.2, 0.25) is 0 Å². The van der Waals surface area contributed by atoms with E-state index in [4.69, 9.17) is 0 Å². The van der Waals surface area contributed by atoms with Crippen molar-refractivity contribution in [3.05, 3.63) is 42.1 Å². The molecule has 134 valence electrons. The molecule has 1 aliphatic rings. The van der Waals surface area contributed by atoms with Gasteiger partial charge in [0.1, 0.15) is 5.69 Å². The second-order valence-corrected chi connectivity index (χ2v) is 8.06. The molecule has 0 spiro atoms. The van der Waals surface area contributed by atoms with Crippen LogP contribution in [-0.4, -0.2) is 45.6 Å². The Morgan fingerprint density at radius 3 is 2.48 bits per heavy atom. The highest BCUT2D eigenvalue weighted by atomic mass is 32.2. The molecule has 25 heavy (non-hydrogen) atoms. The van der Waals surface area contributed by atoms with Gasteiger partial charge in [0.15, 0.2) is 5.82 Å². The molecular formula is C17H23N5O2S. The molecule has 2 aromatic rings. The summed E-state index contributed by atoms with van der Waals surface area (Å²) < 4.78 is 27.6. The van der Waals surface area contributed by atoms with Crippen LogP contribution in [0.3, 0.4) is 0 Å². The number of nitrogens with one attached hydrogen (secondary N) is 1. The number of sulfonamides is 1. The fourth-order valence-electron chi connectivity index (χ4n) is 2.84.